The van der Waals surface area contributed by atoms with Crippen LogP contribution in [0.5, 0.6) is 0 Å². The Morgan fingerprint density at radius 3 is 2.71 bits per heavy atom. The van der Waals surface area contributed by atoms with Crippen molar-refractivity contribution in [1.82, 2.24) is 4.57 Å². The van der Waals surface area contributed by atoms with Crippen LogP contribution in [-0.4, -0.2) is 10.5 Å². The highest BCUT2D eigenvalue weighted by atomic mass is 79.9. The van der Waals surface area contributed by atoms with E-state index in [4.69, 9.17) is 0 Å². The van der Waals surface area contributed by atoms with Gasteiger partial charge in [0, 0.05) is 28.6 Å². The zero-order chi connectivity index (χ0) is 15.4. The molecule has 0 spiro atoms. The number of hydrogen-bond acceptors (Lipinski definition) is 2. The molecule has 106 valence electrons. The first-order chi connectivity index (χ1) is 10.0. The van der Waals surface area contributed by atoms with Crippen LogP contribution < -0.4 is 5.32 Å². The van der Waals surface area contributed by atoms with Gasteiger partial charge in [-0.1, -0.05) is 22.0 Å². The van der Waals surface area contributed by atoms with Crippen molar-refractivity contribution in [2.75, 3.05) is 5.32 Å². The van der Waals surface area contributed by atoms with Gasteiger partial charge in [-0.15, -0.1) is 0 Å². The Morgan fingerprint density at radius 2 is 2.14 bits per heavy atom. The van der Waals surface area contributed by atoms with E-state index in [1.165, 1.54) is 0 Å². The topological polar surface area (TPSA) is 57.8 Å². The molecule has 1 aromatic heterocycles. The van der Waals surface area contributed by atoms with Crippen molar-refractivity contribution in [2.45, 2.75) is 6.92 Å². The van der Waals surface area contributed by atoms with Crippen molar-refractivity contribution >= 4 is 33.6 Å². The first kappa shape index (κ1) is 15.1. The molecule has 4 nitrogen and oxygen atoms in total. The second kappa shape index (κ2) is 6.42. The van der Waals surface area contributed by atoms with Crippen LogP contribution in [0.4, 0.5) is 5.69 Å². The Labute approximate surface area is 131 Å². The minimum absolute atomic E-state index is 0.0659. The van der Waals surface area contributed by atoms with Crippen LogP contribution in [0.1, 0.15) is 11.4 Å². The molecule has 21 heavy (non-hydrogen) atoms. The molecule has 0 unspecified atom stereocenters. The lowest BCUT2D eigenvalue weighted by Crippen LogP contribution is -2.13. The van der Waals surface area contributed by atoms with E-state index in [-0.39, 0.29) is 5.57 Å². The highest BCUT2D eigenvalue weighted by molar-refractivity contribution is 9.10. The van der Waals surface area contributed by atoms with E-state index in [0.29, 0.717) is 5.69 Å². The summed E-state index contributed by atoms with van der Waals surface area (Å²) < 4.78 is 2.78. The number of nitriles is 1. The molecule has 1 heterocycles. The molecule has 1 N–H and O–H groups in total. The normalized spacial score (nSPS) is 11.0. The fourth-order valence-electron chi connectivity index (χ4n) is 1.84. The van der Waals surface area contributed by atoms with Gasteiger partial charge in [-0.25, -0.2) is 0 Å². The second-order valence-electron chi connectivity index (χ2n) is 4.59. The SMILES string of the molecule is Cc1ccc(/C=C(/C#N)C(=O)Nc2cccc(Br)c2)n1C. The Hall–Kier alpha value is -2.32. The lowest BCUT2D eigenvalue weighted by atomic mass is 10.2. The number of nitrogens with zero attached hydrogens (tertiary/aromatic N) is 2. The Balaban J connectivity index is 2.24. The molecule has 1 amide bonds. The van der Waals surface area contributed by atoms with Crippen LogP contribution in [0.2, 0.25) is 0 Å². The van der Waals surface area contributed by atoms with Gasteiger partial charge in [0.2, 0.25) is 0 Å². The lowest BCUT2D eigenvalue weighted by molar-refractivity contribution is -0.112. The summed E-state index contributed by atoms with van der Waals surface area (Å²) >= 11 is 3.34. The van der Waals surface area contributed by atoms with Gasteiger partial charge in [-0.3, -0.25) is 4.79 Å². The third-order valence-electron chi connectivity index (χ3n) is 3.15. The fourth-order valence-corrected chi connectivity index (χ4v) is 2.24. The quantitative estimate of drug-likeness (QED) is 0.683. The van der Waals surface area contributed by atoms with Gasteiger partial charge < -0.3 is 9.88 Å². The van der Waals surface area contributed by atoms with Gasteiger partial charge in [-0.2, -0.15) is 5.26 Å². The molecule has 0 atom stereocenters. The van der Waals surface area contributed by atoms with Crippen molar-refractivity contribution in [2.24, 2.45) is 7.05 Å². The first-order valence-electron chi connectivity index (χ1n) is 6.32. The van der Waals surface area contributed by atoms with E-state index in [9.17, 15) is 10.1 Å². The molecule has 0 aliphatic heterocycles. The highest BCUT2D eigenvalue weighted by Crippen LogP contribution is 2.17. The number of aromatic nitrogens is 1. The van der Waals surface area contributed by atoms with E-state index in [2.05, 4.69) is 21.2 Å². The molecule has 5 heteroatoms. The van der Waals surface area contributed by atoms with Gasteiger partial charge in [0.25, 0.3) is 5.91 Å². The third kappa shape index (κ3) is 3.61. The number of aryl methyl sites for hydroxylation is 1. The summed E-state index contributed by atoms with van der Waals surface area (Å²) in [6, 6.07) is 13.0. The molecular weight excluding hydrogens is 330 g/mol. The summed E-state index contributed by atoms with van der Waals surface area (Å²) in [5, 5.41) is 11.9. The first-order valence-corrected chi connectivity index (χ1v) is 7.11. The van der Waals surface area contributed by atoms with Crippen LogP contribution in [-0.2, 0) is 11.8 Å². The number of carbonyl (C=O) groups is 1. The molecule has 0 saturated carbocycles. The summed E-state index contributed by atoms with van der Waals surface area (Å²) in [6.07, 6.45) is 1.58. The lowest BCUT2D eigenvalue weighted by Gasteiger charge is -2.05. The zero-order valence-corrected chi connectivity index (χ0v) is 13.3. The Kier molecular flexibility index (Phi) is 4.61. The molecule has 0 bridgehead atoms. The van der Waals surface area contributed by atoms with E-state index < -0.39 is 5.91 Å². The minimum atomic E-state index is -0.422. The number of hydrogen-bond donors (Lipinski definition) is 1. The summed E-state index contributed by atoms with van der Waals surface area (Å²) in [7, 11) is 1.89. The zero-order valence-electron chi connectivity index (χ0n) is 11.7. The highest BCUT2D eigenvalue weighted by Gasteiger charge is 2.11. The number of halogens is 1. The molecule has 0 fully saturated rings. The van der Waals surface area contributed by atoms with Gasteiger partial charge in [0.05, 0.1) is 0 Å². The smallest absolute Gasteiger partial charge is 0.266 e. The van der Waals surface area contributed by atoms with Crippen molar-refractivity contribution in [3.63, 3.8) is 0 Å². The average molecular weight is 344 g/mol. The van der Waals surface area contributed by atoms with Gasteiger partial charge in [-0.05, 0) is 43.3 Å². The monoisotopic (exact) mass is 343 g/mol. The van der Waals surface area contributed by atoms with Crippen molar-refractivity contribution in [1.29, 1.82) is 5.26 Å². The summed E-state index contributed by atoms with van der Waals surface area (Å²) in [4.78, 5) is 12.2. The Morgan fingerprint density at radius 1 is 1.38 bits per heavy atom. The number of carbonyl (C=O) groups excluding carboxylic acids is 1. The maximum Gasteiger partial charge on any atom is 0.266 e. The average Bonchev–Trinajstić information content (AvgIpc) is 2.76. The second-order valence-corrected chi connectivity index (χ2v) is 5.51. The summed E-state index contributed by atoms with van der Waals surface area (Å²) in [5.41, 5.74) is 2.58. The van der Waals surface area contributed by atoms with Crippen molar-refractivity contribution in [3.05, 3.63) is 57.8 Å². The molecule has 2 rings (SSSR count). The Bertz CT molecular complexity index is 753. The molecule has 1 aromatic carbocycles. The van der Waals surface area contributed by atoms with Crippen molar-refractivity contribution in [3.8, 4) is 6.07 Å². The predicted molar refractivity (Wildman–Crippen MR) is 86.5 cm³/mol. The van der Waals surface area contributed by atoms with Gasteiger partial charge >= 0.3 is 0 Å². The molecule has 2 aromatic rings. The van der Waals surface area contributed by atoms with E-state index >= 15 is 0 Å². The van der Waals surface area contributed by atoms with Crippen LogP contribution in [0.3, 0.4) is 0 Å². The molecule has 0 aliphatic carbocycles. The molecule has 0 radical (unpaired) electrons. The number of anilines is 1. The van der Waals surface area contributed by atoms with E-state index in [1.54, 1.807) is 18.2 Å². The number of amides is 1. The molecule has 0 saturated heterocycles. The maximum absolute atomic E-state index is 12.2. The minimum Gasteiger partial charge on any atom is -0.348 e. The van der Waals surface area contributed by atoms with E-state index in [1.807, 2.05) is 48.9 Å². The molecule has 0 aliphatic rings. The molecular formula is C16H14BrN3O. The summed E-state index contributed by atoms with van der Waals surface area (Å²) in [6.45, 7) is 1.96. The van der Waals surface area contributed by atoms with Crippen molar-refractivity contribution < 1.29 is 4.79 Å². The standard InChI is InChI=1S/C16H14BrN3O/c1-11-6-7-15(20(11)2)8-12(10-18)16(21)19-14-5-3-4-13(17)9-14/h3-9H,1-2H3,(H,19,21)/b12-8-. The number of rotatable bonds is 3. The maximum atomic E-state index is 12.2. The van der Waals surface area contributed by atoms with Gasteiger partial charge in [0.1, 0.15) is 11.6 Å². The summed E-state index contributed by atoms with van der Waals surface area (Å²) in [5.74, 6) is -0.422. The number of benzene rings is 1. The van der Waals surface area contributed by atoms with Crippen LogP contribution >= 0.6 is 15.9 Å². The van der Waals surface area contributed by atoms with Gasteiger partial charge in [0.15, 0.2) is 0 Å². The van der Waals surface area contributed by atoms with Crippen LogP contribution in [0.25, 0.3) is 6.08 Å². The predicted octanol–water partition coefficient (Wildman–Crippen LogP) is 3.64. The van der Waals surface area contributed by atoms with Crippen LogP contribution in [0.15, 0.2) is 46.4 Å². The van der Waals surface area contributed by atoms with Crippen LogP contribution in [0, 0.1) is 18.3 Å². The number of nitrogens with one attached hydrogen (secondary N) is 1. The third-order valence-corrected chi connectivity index (χ3v) is 3.64. The largest absolute Gasteiger partial charge is 0.348 e. The van der Waals surface area contributed by atoms with E-state index in [0.717, 1.165) is 15.9 Å². The fraction of sp³-hybridized carbons (Fsp3) is 0.125.